The molecular weight excluding hydrogens is 274 g/mol. The fourth-order valence-electron chi connectivity index (χ4n) is 3.84. The van der Waals surface area contributed by atoms with Crippen molar-refractivity contribution in [3.05, 3.63) is 29.8 Å². The Labute approximate surface area is 123 Å². The first-order valence-electron chi connectivity index (χ1n) is 7.26. The van der Waals surface area contributed by atoms with Gasteiger partial charge in [0.2, 0.25) is 0 Å². The maximum absolute atomic E-state index is 10.3. The number of piperidine rings is 1. The maximum Gasteiger partial charge on any atom is 0.0993 e. The number of aliphatic hydroxyl groups excluding tert-OH is 1. The van der Waals surface area contributed by atoms with Crippen LogP contribution >= 0.6 is 11.6 Å². The van der Waals surface area contributed by atoms with Crippen LogP contribution < -0.4 is 4.90 Å². The fourth-order valence-corrected chi connectivity index (χ4v) is 4.05. The highest BCUT2D eigenvalue weighted by Gasteiger charge is 2.38. The summed E-state index contributed by atoms with van der Waals surface area (Å²) in [4.78, 5) is 6.59. The summed E-state index contributed by atoms with van der Waals surface area (Å²) in [5.74, 6) is 0.786. The van der Waals surface area contributed by atoms with Crippen LogP contribution in [0.3, 0.4) is 0 Å². The van der Waals surface area contributed by atoms with E-state index in [1.165, 1.54) is 6.42 Å². The van der Waals surface area contributed by atoms with Crippen molar-refractivity contribution >= 4 is 22.8 Å². The van der Waals surface area contributed by atoms with Crippen LogP contribution in [-0.4, -0.2) is 33.7 Å². The van der Waals surface area contributed by atoms with Crippen molar-refractivity contribution in [2.24, 2.45) is 11.8 Å². The van der Waals surface area contributed by atoms with Gasteiger partial charge in [0, 0.05) is 31.1 Å². The standard InChI is InChI=1S/C15H18ClN3O/c16-12-4-13(14-5-17-9-19(14)8-12)18-6-10-2-1-3-11(7-18)15(10)20/h4-5,8-11,15,20H,1-3,6-7H2. The van der Waals surface area contributed by atoms with Crippen molar-refractivity contribution in [2.75, 3.05) is 18.0 Å². The van der Waals surface area contributed by atoms with Gasteiger partial charge in [0.25, 0.3) is 0 Å². The average Bonchev–Trinajstić information content (AvgIpc) is 2.85. The van der Waals surface area contributed by atoms with E-state index in [-0.39, 0.29) is 6.10 Å². The molecule has 1 aliphatic carbocycles. The van der Waals surface area contributed by atoms with Crippen LogP contribution in [0.25, 0.3) is 5.52 Å². The predicted octanol–water partition coefficient (Wildman–Crippen LogP) is 2.58. The van der Waals surface area contributed by atoms with Crippen LogP contribution in [0, 0.1) is 11.8 Å². The maximum atomic E-state index is 10.3. The zero-order valence-electron chi connectivity index (χ0n) is 11.2. The summed E-state index contributed by atoms with van der Waals surface area (Å²) in [6.45, 7) is 1.83. The second-order valence-corrected chi connectivity index (χ2v) is 6.51. The molecule has 3 heterocycles. The highest BCUT2D eigenvalue weighted by Crippen LogP contribution is 2.38. The molecular formula is C15H18ClN3O. The number of rotatable bonds is 1. The van der Waals surface area contributed by atoms with Crippen LogP contribution in [0.1, 0.15) is 19.3 Å². The van der Waals surface area contributed by atoms with Gasteiger partial charge in [0.15, 0.2) is 0 Å². The summed E-state index contributed by atoms with van der Waals surface area (Å²) in [5, 5.41) is 11.0. The molecule has 2 atom stereocenters. The number of fused-ring (bicyclic) bond motifs is 3. The van der Waals surface area contributed by atoms with Crippen molar-refractivity contribution < 1.29 is 5.11 Å². The summed E-state index contributed by atoms with van der Waals surface area (Å²) in [7, 11) is 0. The largest absolute Gasteiger partial charge is 0.392 e. The SMILES string of the molecule is OC1C2CCCC1CN(c1cc(Cl)cn3cncc13)C2. The van der Waals surface area contributed by atoms with Gasteiger partial charge in [-0.25, -0.2) is 4.98 Å². The lowest BCUT2D eigenvalue weighted by Crippen LogP contribution is -2.51. The summed E-state index contributed by atoms with van der Waals surface area (Å²) in [5.41, 5.74) is 2.22. The molecule has 0 aromatic carbocycles. The van der Waals surface area contributed by atoms with Gasteiger partial charge < -0.3 is 14.4 Å². The van der Waals surface area contributed by atoms with Crippen molar-refractivity contribution in [2.45, 2.75) is 25.4 Å². The van der Waals surface area contributed by atoms with E-state index in [9.17, 15) is 5.11 Å². The Kier molecular flexibility index (Phi) is 2.89. The van der Waals surface area contributed by atoms with Crippen molar-refractivity contribution in [3.8, 4) is 0 Å². The normalized spacial score (nSPS) is 29.9. The zero-order valence-corrected chi connectivity index (χ0v) is 12.0. The van der Waals surface area contributed by atoms with Crippen LogP contribution in [0.15, 0.2) is 24.8 Å². The average molecular weight is 292 g/mol. The molecule has 2 fully saturated rings. The van der Waals surface area contributed by atoms with Gasteiger partial charge in [-0.1, -0.05) is 18.0 Å². The minimum atomic E-state index is -0.125. The lowest BCUT2D eigenvalue weighted by molar-refractivity contribution is 0.00604. The third-order valence-corrected chi connectivity index (χ3v) is 5.04. The summed E-state index contributed by atoms with van der Waals surface area (Å²) >= 11 is 6.22. The Balaban J connectivity index is 1.74. The molecule has 2 unspecified atom stereocenters. The topological polar surface area (TPSA) is 40.8 Å². The third-order valence-electron chi connectivity index (χ3n) is 4.83. The number of aliphatic hydroxyl groups is 1. The molecule has 2 aliphatic rings. The van der Waals surface area contributed by atoms with Crippen LogP contribution in [0.2, 0.25) is 5.02 Å². The highest BCUT2D eigenvalue weighted by molar-refractivity contribution is 6.30. The molecule has 1 aliphatic heterocycles. The molecule has 2 aromatic rings. The smallest absolute Gasteiger partial charge is 0.0993 e. The lowest BCUT2D eigenvalue weighted by Gasteiger charge is -2.46. The first-order chi connectivity index (χ1) is 9.72. The van der Waals surface area contributed by atoms with Crippen molar-refractivity contribution in [1.29, 1.82) is 0 Å². The molecule has 2 aromatic heterocycles. The van der Waals surface area contributed by atoms with Gasteiger partial charge in [-0.3, -0.25) is 0 Å². The number of pyridine rings is 1. The third kappa shape index (κ3) is 1.90. The highest BCUT2D eigenvalue weighted by atomic mass is 35.5. The number of hydrogen-bond acceptors (Lipinski definition) is 3. The van der Waals surface area contributed by atoms with Gasteiger partial charge in [0.05, 0.1) is 34.9 Å². The number of imidazole rings is 1. The number of nitrogens with zero attached hydrogens (tertiary/aromatic N) is 3. The van der Waals surface area contributed by atoms with Gasteiger partial charge in [0.1, 0.15) is 0 Å². The van der Waals surface area contributed by atoms with E-state index in [0.29, 0.717) is 11.8 Å². The zero-order chi connectivity index (χ0) is 13.7. The lowest BCUT2D eigenvalue weighted by atomic mass is 9.75. The van der Waals surface area contributed by atoms with E-state index in [1.54, 1.807) is 6.33 Å². The first kappa shape index (κ1) is 12.5. The minimum absolute atomic E-state index is 0.125. The Morgan fingerprint density at radius 2 is 2.00 bits per heavy atom. The number of anilines is 1. The van der Waals surface area contributed by atoms with Crippen molar-refractivity contribution in [3.63, 3.8) is 0 Å². The fraction of sp³-hybridized carbons (Fsp3) is 0.533. The van der Waals surface area contributed by atoms with Gasteiger partial charge in [-0.05, 0) is 18.9 Å². The molecule has 1 N–H and O–H groups in total. The van der Waals surface area contributed by atoms with Gasteiger partial charge in [-0.15, -0.1) is 0 Å². The van der Waals surface area contributed by atoms with E-state index < -0.39 is 0 Å². The Hall–Kier alpha value is -1.26. The molecule has 5 heteroatoms. The van der Waals surface area contributed by atoms with E-state index in [2.05, 4.69) is 9.88 Å². The second-order valence-electron chi connectivity index (χ2n) is 6.08. The summed E-state index contributed by atoms with van der Waals surface area (Å²) in [6, 6.07) is 2.02. The second kappa shape index (κ2) is 4.64. The monoisotopic (exact) mass is 291 g/mol. The molecule has 4 rings (SSSR count). The number of aromatic nitrogens is 2. The molecule has 0 radical (unpaired) electrons. The number of hydrogen-bond donors (Lipinski definition) is 1. The predicted molar refractivity (Wildman–Crippen MR) is 79.3 cm³/mol. The van der Waals surface area contributed by atoms with E-state index in [0.717, 1.165) is 42.2 Å². The van der Waals surface area contributed by atoms with Gasteiger partial charge in [-0.2, -0.15) is 0 Å². The molecule has 106 valence electrons. The molecule has 1 saturated heterocycles. The summed E-state index contributed by atoms with van der Waals surface area (Å²) < 4.78 is 1.97. The molecule has 20 heavy (non-hydrogen) atoms. The van der Waals surface area contributed by atoms with Crippen LogP contribution in [-0.2, 0) is 0 Å². The summed E-state index contributed by atoms with van der Waals surface area (Å²) in [6.07, 6.45) is 8.93. The molecule has 2 bridgehead atoms. The molecule has 0 amide bonds. The Morgan fingerprint density at radius 3 is 2.75 bits per heavy atom. The number of halogens is 1. The molecule has 4 nitrogen and oxygen atoms in total. The molecule has 1 saturated carbocycles. The molecule has 0 spiro atoms. The van der Waals surface area contributed by atoms with Gasteiger partial charge >= 0.3 is 0 Å². The van der Waals surface area contributed by atoms with E-state index in [1.807, 2.05) is 22.9 Å². The minimum Gasteiger partial charge on any atom is -0.392 e. The van der Waals surface area contributed by atoms with Crippen molar-refractivity contribution in [1.82, 2.24) is 9.38 Å². The Bertz CT molecular complexity index is 627. The van der Waals surface area contributed by atoms with Crippen LogP contribution in [0.5, 0.6) is 0 Å². The first-order valence-corrected chi connectivity index (χ1v) is 7.64. The van der Waals surface area contributed by atoms with Crippen LogP contribution in [0.4, 0.5) is 5.69 Å². The van der Waals surface area contributed by atoms with E-state index in [4.69, 9.17) is 11.6 Å². The van der Waals surface area contributed by atoms with E-state index >= 15 is 0 Å². The quantitative estimate of drug-likeness (QED) is 0.878. The Morgan fingerprint density at radius 1 is 1.25 bits per heavy atom.